The monoisotopic (exact) mass is 414 g/mol. The van der Waals surface area contributed by atoms with Crippen molar-refractivity contribution in [2.75, 3.05) is 11.9 Å². The molecule has 0 aliphatic carbocycles. The maximum atomic E-state index is 14.5. The second-order valence-electron chi connectivity index (χ2n) is 7.65. The van der Waals surface area contributed by atoms with Crippen LogP contribution in [0, 0.1) is 18.7 Å². The van der Waals surface area contributed by atoms with Gasteiger partial charge in [0.15, 0.2) is 11.5 Å². The number of anilines is 1. The Kier molecular flexibility index (Phi) is 4.71. The summed E-state index contributed by atoms with van der Waals surface area (Å²) >= 11 is 0. The second kappa shape index (κ2) is 7.12. The predicted molar refractivity (Wildman–Crippen MR) is 108 cm³/mol. The number of nitrogens with one attached hydrogen (secondary N) is 1. The van der Waals surface area contributed by atoms with E-state index < -0.39 is 17.6 Å². The summed E-state index contributed by atoms with van der Waals surface area (Å²) in [6, 6.07) is 3.01. The first-order valence-electron chi connectivity index (χ1n) is 9.75. The van der Waals surface area contributed by atoms with Crippen LogP contribution in [0.4, 0.5) is 10.3 Å². The predicted octanol–water partition coefficient (Wildman–Crippen LogP) is 2.64. The maximum absolute atomic E-state index is 14.5. The van der Waals surface area contributed by atoms with Gasteiger partial charge in [0.05, 0.1) is 17.3 Å². The number of ether oxygens (including phenoxy) is 1. The van der Waals surface area contributed by atoms with Gasteiger partial charge in [-0.3, -0.25) is 24.2 Å². The molecule has 0 unspecified atom stereocenters. The number of hydrogen-bond acceptors (Lipinski definition) is 5. The van der Waals surface area contributed by atoms with E-state index in [4.69, 9.17) is 10.5 Å². The molecule has 30 heavy (non-hydrogen) atoms. The molecule has 2 amide bonds. The number of halogens is 1. The number of aromatic nitrogens is 4. The van der Waals surface area contributed by atoms with E-state index in [9.17, 15) is 14.0 Å². The topological polar surface area (TPSA) is 117 Å². The van der Waals surface area contributed by atoms with Gasteiger partial charge in [-0.15, -0.1) is 0 Å². The van der Waals surface area contributed by atoms with Crippen LogP contribution in [0.2, 0.25) is 0 Å². The molecule has 9 nitrogen and oxygen atoms in total. The number of primary amides is 1. The van der Waals surface area contributed by atoms with Gasteiger partial charge in [0.1, 0.15) is 17.9 Å². The van der Waals surface area contributed by atoms with Gasteiger partial charge in [-0.2, -0.15) is 5.10 Å². The normalized spacial score (nSPS) is 15.5. The number of imidazole rings is 1. The zero-order chi connectivity index (χ0) is 21.7. The van der Waals surface area contributed by atoms with Crippen molar-refractivity contribution in [2.24, 2.45) is 11.7 Å². The number of aryl methyl sites for hydroxylation is 2. The number of nitrogens with two attached hydrogens (primary N) is 1. The highest BCUT2D eigenvalue weighted by Gasteiger charge is 2.31. The Morgan fingerprint density at radius 3 is 2.77 bits per heavy atom. The van der Waals surface area contributed by atoms with E-state index in [2.05, 4.69) is 15.4 Å². The highest BCUT2D eigenvalue weighted by atomic mass is 19.1. The van der Waals surface area contributed by atoms with Crippen LogP contribution >= 0.6 is 0 Å². The molecule has 0 saturated heterocycles. The van der Waals surface area contributed by atoms with Gasteiger partial charge in [-0.25, -0.2) is 9.37 Å². The van der Waals surface area contributed by atoms with Gasteiger partial charge in [0.25, 0.3) is 5.91 Å². The Morgan fingerprint density at radius 2 is 2.13 bits per heavy atom. The van der Waals surface area contributed by atoms with Crippen LogP contribution < -0.4 is 15.8 Å². The molecule has 3 heterocycles. The van der Waals surface area contributed by atoms with E-state index in [1.165, 1.54) is 11.6 Å². The highest BCUT2D eigenvalue weighted by Crippen LogP contribution is 2.39. The summed E-state index contributed by atoms with van der Waals surface area (Å²) in [6.07, 6.45) is 0. The summed E-state index contributed by atoms with van der Waals surface area (Å²) in [5.74, 6) is -1.03. The zero-order valence-corrected chi connectivity index (χ0v) is 17.2. The number of nitrogens with zero attached hydrogens (tertiary/aromatic N) is 4. The summed E-state index contributed by atoms with van der Waals surface area (Å²) < 4.78 is 23.6. The Hall–Kier alpha value is -3.43. The summed E-state index contributed by atoms with van der Waals surface area (Å²) in [5, 5.41) is 6.79. The zero-order valence-electron chi connectivity index (χ0n) is 17.2. The van der Waals surface area contributed by atoms with Gasteiger partial charge in [0, 0.05) is 12.1 Å². The van der Waals surface area contributed by atoms with Crippen molar-refractivity contribution in [3.63, 3.8) is 0 Å². The van der Waals surface area contributed by atoms with Crippen molar-refractivity contribution in [1.82, 2.24) is 19.3 Å². The molecule has 0 saturated carbocycles. The van der Waals surface area contributed by atoms with E-state index in [1.54, 1.807) is 19.1 Å². The number of amides is 2. The minimum absolute atomic E-state index is 0.111. The maximum Gasteiger partial charge on any atom is 0.279 e. The molecule has 0 fully saturated rings. The molecule has 10 heteroatoms. The lowest BCUT2D eigenvalue weighted by molar-refractivity contribution is 0.0994. The van der Waals surface area contributed by atoms with Gasteiger partial charge < -0.3 is 10.5 Å². The lowest BCUT2D eigenvalue weighted by atomic mass is 10.0. The molecule has 3 N–H and O–H groups in total. The number of benzene rings is 1. The first kappa shape index (κ1) is 19.9. The van der Waals surface area contributed by atoms with Crippen LogP contribution in [0.15, 0.2) is 12.1 Å². The number of rotatable bonds is 5. The lowest BCUT2D eigenvalue weighted by Gasteiger charge is -2.30. The van der Waals surface area contributed by atoms with Crippen LogP contribution in [0.25, 0.3) is 11.0 Å². The van der Waals surface area contributed by atoms with E-state index in [-0.39, 0.29) is 34.9 Å². The molecule has 1 aliphatic heterocycles. The van der Waals surface area contributed by atoms with E-state index in [0.717, 1.165) is 0 Å². The van der Waals surface area contributed by atoms with Crippen molar-refractivity contribution in [1.29, 1.82) is 0 Å². The average molecular weight is 414 g/mol. The molecule has 3 aromatic rings. The molecule has 1 atom stereocenters. The quantitative estimate of drug-likeness (QED) is 0.666. The summed E-state index contributed by atoms with van der Waals surface area (Å²) in [4.78, 5) is 29.1. The minimum atomic E-state index is -0.662. The van der Waals surface area contributed by atoms with Crippen LogP contribution in [-0.2, 0) is 6.54 Å². The number of hydrogen-bond donors (Lipinski definition) is 2. The molecule has 4 rings (SSSR count). The smallest absolute Gasteiger partial charge is 0.279 e. The SMILES string of the molecule is CCn1nc(C)c(F)c1C(=O)Nc1nc2cc(C(N)=O)cc3c2n1[C@@H](C(C)C)CO3. The first-order chi connectivity index (χ1) is 14.2. The third-order valence-corrected chi connectivity index (χ3v) is 5.34. The number of carbonyl (C=O) groups is 2. The molecule has 0 bridgehead atoms. The van der Waals surface area contributed by atoms with Crippen LogP contribution in [0.1, 0.15) is 53.4 Å². The first-order valence-corrected chi connectivity index (χ1v) is 9.75. The van der Waals surface area contributed by atoms with Crippen LogP contribution in [-0.4, -0.2) is 37.8 Å². The molecular weight excluding hydrogens is 391 g/mol. The summed E-state index contributed by atoms with van der Waals surface area (Å²) in [7, 11) is 0. The van der Waals surface area contributed by atoms with Gasteiger partial charge in [0.2, 0.25) is 11.9 Å². The van der Waals surface area contributed by atoms with Crippen LogP contribution in [0.3, 0.4) is 0 Å². The van der Waals surface area contributed by atoms with E-state index in [0.29, 0.717) is 29.9 Å². The third kappa shape index (κ3) is 2.99. The Balaban J connectivity index is 1.86. The van der Waals surface area contributed by atoms with Crippen molar-refractivity contribution < 1.29 is 18.7 Å². The molecular formula is C20H23FN6O3. The largest absolute Gasteiger partial charge is 0.489 e. The van der Waals surface area contributed by atoms with Crippen LogP contribution in [0.5, 0.6) is 5.75 Å². The molecule has 1 aliphatic rings. The Bertz CT molecular complexity index is 1180. The second-order valence-corrected chi connectivity index (χ2v) is 7.65. The Labute approximate surface area is 172 Å². The standard InChI is InChI=1S/C20H23FN6O3/c1-5-26-17(15(21)10(4)25-26)19(29)24-20-23-12-6-11(18(22)28)7-14-16(12)27(20)13(8-30-14)9(2)3/h6-7,9,13H,5,8H2,1-4H3,(H2,22,28)(H,23,24,29)/t13-/m1/s1. The van der Waals surface area contributed by atoms with Crippen molar-refractivity contribution in [3.8, 4) is 5.75 Å². The fraction of sp³-hybridized carbons (Fsp3) is 0.400. The average Bonchev–Trinajstić information content (AvgIpc) is 3.20. The van der Waals surface area contributed by atoms with Crippen molar-refractivity contribution >= 4 is 28.8 Å². The fourth-order valence-corrected chi connectivity index (χ4v) is 3.76. The minimum Gasteiger partial charge on any atom is -0.489 e. The Morgan fingerprint density at radius 1 is 1.40 bits per heavy atom. The van der Waals surface area contributed by atoms with Gasteiger partial charge in [-0.05, 0) is 31.9 Å². The summed E-state index contributed by atoms with van der Waals surface area (Å²) in [5.41, 5.74) is 6.80. The third-order valence-electron chi connectivity index (χ3n) is 5.34. The number of carbonyl (C=O) groups excluding carboxylic acids is 2. The summed E-state index contributed by atoms with van der Waals surface area (Å²) in [6.45, 7) is 8.03. The fourth-order valence-electron chi connectivity index (χ4n) is 3.76. The van der Waals surface area contributed by atoms with E-state index in [1.807, 2.05) is 18.4 Å². The molecule has 158 valence electrons. The van der Waals surface area contributed by atoms with E-state index >= 15 is 0 Å². The van der Waals surface area contributed by atoms with Gasteiger partial charge in [-0.1, -0.05) is 13.8 Å². The van der Waals surface area contributed by atoms with Gasteiger partial charge >= 0.3 is 0 Å². The molecule has 1 aromatic carbocycles. The molecule has 0 radical (unpaired) electrons. The van der Waals surface area contributed by atoms with Crippen molar-refractivity contribution in [3.05, 3.63) is 34.9 Å². The highest BCUT2D eigenvalue weighted by molar-refractivity contribution is 6.04. The molecule has 0 spiro atoms. The molecule has 2 aromatic heterocycles. The lowest BCUT2D eigenvalue weighted by Crippen LogP contribution is -2.29. The van der Waals surface area contributed by atoms with Crippen molar-refractivity contribution in [2.45, 2.75) is 40.3 Å².